The van der Waals surface area contributed by atoms with Crippen molar-refractivity contribution in [3.63, 3.8) is 0 Å². The molecule has 0 spiro atoms. The van der Waals surface area contributed by atoms with E-state index in [2.05, 4.69) is 83.6 Å². The Bertz CT molecular complexity index is 813. The summed E-state index contributed by atoms with van der Waals surface area (Å²) in [5, 5.41) is 4.36. The molecular formula is C20H14S3. The van der Waals surface area contributed by atoms with Crippen molar-refractivity contribution in [3.8, 4) is 20.9 Å². The minimum Gasteiger partial charge on any atom is -0.143 e. The summed E-state index contributed by atoms with van der Waals surface area (Å²) in [6.07, 6.45) is 0. The van der Waals surface area contributed by atoms with Gasteiger partial charge in [0.25, 0.3) is 0 Å². The van der Waals surface area contributed by atoms with Crippen LogP contribution in [0.4, 0.5) is 0 Å². The lowest BCUT2D eigenvalue weighted by molar-refractivity contribution is 1.49. The maximum atomic E-state index is 2.23. The standard InChI is InChI=1S/C20H14S3/c1-3-7-15(8-4-1)19-17(11-13-21-19)23-18-12-14-22-20(18)16-9-5-2-6-10-16/h1-14H. The van der Waals surface area contributed by atoms with Gasteiger partial charge in [-0.1, -0.05) is 72.4 Å². The number of benzene rings is 2. The molecule has 0 bridgehead atoms. The Morgan fingerprint density at radius 1 is 0.522 bits per heavy atom. The monoisotopic (exact) mass is 350 g/mol. The zero-order valence-corrected chi connectivity index (χ0v) is 14.8. The van der Waals surface area contributed by atoms with E-state index >= 15 is 0 Å². The Kier molecular flexibility index (Phi) is 4.33. The Labute approximate surface area is 148 Å². The molecule has 4 aromatic rings. The van der Waals surface area contributed by atoms with Gasteiger partial charge in [-0.15, -0.1) is 22.7 Å². The van der Waals surface area contributed by atoms with Crippen molar-refractivity contribution in [3.05, 3.63) is 83.6 Å². The maximum absolute atomic E-state index is 2.23. The summed E-state index contributed by atoms with van der Waals surface area (Å²) in [6, 6.07) is 25.7. The molecule has 0 nitrogen and oxygen atoms in total. The molecule has 0 fully saturated rings. The zero-order valence-electron chi connectivity index (χ0n) is 12.3. The summed E-state index contributed by atoms with van der Waals surface area (Å²) in [6.45, 7) is 0. The van der Waals surface area contributed by atoms with Gasteiger partial charge in [0.1, 0.15) is 0 Å². The predicted octanol–water partition coefficient (Wildman–Crippen LogP) is 7.29. The van der Waals surface area contributed by atoms with Crippen LogP contribution in [0.5, 0.6) is 0 Å². The molecular weight excluding hydrogens is 336 g/mol. The molecule has 0 radical (unpaired) electrons. The van der Waals surface area contributed by atoms with Crippen molar-refractivity contribution in [2.75, 3.05) is 0 Å². The summed E-state index contributed by atoms with van der Waals surface area (Å²) < 4.78 is 0. The molecule has 2 aromatic carbocycles. The predicted molar refractivity (Wildman–Crippen MR) is 104 cm³/mol. The lowest BCUT2D eigenvalue weighted by atomic mass is 10.2. The van der Waals surface area contributed by atoms with Crippen LogP contribution in [0.25, 0.3) is 20.9 Å². The molecule has 0 aliphatic heterocycles. The summed E-state index contributed by atoms with van der Waals surface area (Å²) in [5.41, 5.74) is 2.59. The molecule has 0 saturated carbocycles. The molecule has 0 amide bonds. The van der Waals surface area contributed by atoms with E-state index in [0.29, 0.717) is 0 Å². The smallest absolute Gasteiger partial charge is 0.0482 e. The Hall–Kier alpha value is -1.81. The van der Waals surface area contributed by atoms with E-state index in [0.717, 1.165) is 0 Å². The molecule has 2 aromatic heterocycles. The van der Waals surface area contributed by atoms with Gasteiger partial charge in [0.15, 0.2) is 0 Å². The van der Waals surface area contributed by atoms with Crippen molar-refractivity contribution in [2.24, 2.45) is 0 Å². The van der Waals surface area contributed by atoms with Gasteiger partial charge in [0, 0.05) is 19.5 Å². The second kappa shape index (κ2) is 6.75. The van der Waals surface area contributed by atoms with Crippen molar-refractivity contribution in [1.29, 1.82) is 0 Å². The average molecular weight is 351 g/mol. The summed E-state index contributed by atoms with van der Waals surface area (Å²) in [7, 11) is 0. The SMILES string of the molecule is c1ccc(-c2sccc2Sc2ccsc2-c2ccccc2)cc1. The second-order valence-corrected chi connectivity index (χ2v) is 7.98. The first kappa shape index (κ1) is 14.8. The van der Waals surface area contributed by atoms with E-state index in [9.17, 15) is 0 Å². The largest absolute Gasteiger partial charge is 0.143 e. The third-order valence-corrected chi connectivity index (χ3v) is 6.86. The lowest BCUT2D eigenvalue weighted by Gasteiger charge is -2.06. The highest BCUT2D eigenvalue weighted by atomic mass is 32.2. The van der Waals surface area contributed by atoms with Crippen LogP contribution in [0.1, 0.15) is 0 Å². The van der Waals surface area contributed by atoms with Crippen LogP contribution < -0.4 is 0 Å². The van der Waals surface area contributed by atoms with E-state index in [1.807, 2.05) is 34.4 Å². The van der Waals surface area contributed by atoms with E-state index in [1.165, 1.54) is 30.7 Å². The van der Waals surface area contributed by atoms with Gasteiger partial charge in [-0.25, -0.2) is 0 Å². The highest BCUT2D eigenvalue weighted by Crippen LogP contribution is 2.44. The van der Waals surface area contributed by atoms with Crippen LogP contribution in [0, 0.1) is 0 Å². The highest BCUT2D eigenvalue weighted by Gasteiger charge is 2.12. The third-order valence-electron chi connectivity index (χ3n) is 3.55. The first-order valence-corrected chi connectivity index (χ1v) is 9.93. The average Bonchev–Trinajstić information content (AvgIpc) is 3.26. The normalized spacial score (nSPS) is 10.8. The van der Waals surface area contributed by atoms with Crippen LogP contribution in [0.2, 0.25) is 0 Å². The van der Waals surface area contributed by atoms with Gasteiger partial charge in [-0.2, -0.15) is 0 Å². The van der Waals surface area contributed by atoms with Crippen molar-refractivity contribution in [1.82, 2.24) is 0 Å². The van der Waals surface area contributed by atoms with Gasteiger partial charge in [0.2, 0.25) is 0 Å². The Morgan fingerprint density at radius 2 is 0.957 bits per heavy atom. The molecule has 2 heterocycles. The van der Waals surface area contributed by atoms with Gasteiger partial charge >= 0.3 is 0 Å². The first-order valence-electron chi connectivity index (χ1n) is 7.35. The zero-order chi connectivity index (χ0) is 15.5. The minimum atomic E-state index is 1.29. The van der Waals surface area contributed by atoms with Crippen molar-refractivity contribution < 1.29 is 0 Å². The van der Waals surface area contributed by atoms with E-state index in [-0.39, 0.29) is 0 Å². The second-order valence-electron chi connectivity index (χ2n) is 5.06. The molecule has 0 aliphatic rings. The molecule has 0 atom stereocenters. The maximum Gasteiger partial charge on any atom is 0.0482 e. The van der Waals surface area contributed by atoms with Crippen LogP contribution >= 0.6 is 34.4 Å². The molecule has 4 rings (SSSR count). The number of hydrogen-bond donors (Lipinski definition) is 0. The summed E-state index contributed by atoms with van der Waals surface area (Å²) >= 11 is 5.48. The fourth-order valence-corrected chi connectivity index (χ4v) is 5.71. The molecule has 0 unspecified atom stereocenters. The van der Waals surface area contributed by atoms with Crippen LogP contribution in [-0.2, 0) is 0 Å². The Balaban J connectivity index is 1.69. The third kappa shape index (κ3) is 3.13. The molecule has 0 N–H and O–H groups in total. The quantitative estimate of drug-likeness (QED) is 0.372. The minimum absolute atomic E-state index is 1.29. The van der Waals surface area contributed by atoms with Gasteiger partial charge in [-0.05, 0) is 34.0 Å². The van der Waals surface area contributed by atoms with Crippen LogP contribution in [0.15, 0.2) is 93.3 Å². The van der Waals surface area contributed by atoms with Gasteiger partial charge in [-0.3, -0.25) is 0 Å². The number of hydrogen-bond acceptors (Lipinski definition) is 3. The van der Waals surface area contributed by atoms with Crippen LogP contribution in [-0.4, -0.2) is 0 Å². The lowest BCUT2D eigenvalue weighted by Crippen LogP contribution is -1.77. The highest BCUT2D eigenvalue weighted by molar-refractivity contribution is 8.00. The fraction of sp³-hybridized carbons (Fsp3) is 0. The topological polar surface area (TPSA) is 0 Å². The van der Waals surface area contributed by atoms with Crippen molar-refractivity contribution in [2.45, 2.75) is 9.79 Å². The molecule has 0 aliphatic carbocycles. The van der Waals surface area contributed by atoms with Crippen LogP contribution in [0.3, 0.4) is 0 Å². The molecule has 3 heteroatoms. The summed E-state index contributed by atoms with van der Waals surface area (Å²) in [4.78, 5) is 5.36. The first-order chi connectivity index (χ1) is 11.4. The molecule has 0 saturated heterocycles. The van der Waals surface area contributed by atoms with Gasteiger partial charge < -0.3 is 0 Å². The fourth-order valence-electron chi connectivity index (χ4n) is 2.47. The van der Waals surface area contributed by atoms with Gasteiger partial charge in [0.05, 0.1) is 0 Å². The number of thiophene rings is 2. The van der Waals surface area contributed by atoms with E-state index in [4.69, 9.17) is 0 Å². The van der Waals surface area contributed by atoms with E-state index in [1.54, 1.807) is 0 Å². The number of rotatable bonds is 4. The van der Waals surface area contributed by atoms with E-state index < -0.39 is 0 Å². The van der Waals surface area contributed by atoms with Crippen molar-refractivity contribution >= 4 is 34.4 Å². The summed E-state index contributed by atoms with van der Waals surface area (Å²) in [5.74, 6) is 0. The Morgan fingerprint density at radius 3 is 1.39 bits per heavy atom. The molecule has 112 valence electrons. The molecule has 23 heavy (non-hydrogen) atoms.